The summed E-state index contributed by atoms with van der Waals surface area (Å²) in [5, 5.41) is 3.91. The van der Waals surface area contributed by atoms with E-state index in [0.29, 0.717) is 18.9 Å². The van der Waals surface area contributed by atoms with Gasteiger partial charge in [-0.15, -0.1) is 0 Å². The van der Waals surface area contributed by atoms with Gasteiger partial charge < -0.3 is 19.2 Å². The molecule has 35 heavy (non-hydrogen) atoms. The lowest BCUT2D eigenvalue weighted by molar-refractivity contribution is -0.111. The molecule has 1 heterocycles. The van der Waals surface area contributed by atoms with Crippen molar-refractivity contribution in [1.82, 2.24) is 0 Å². The number of allylic oxidation sites excluding steroid dienone is 1. The summed E-state index contributed by atoms with van der Waals surface area (Å²) in [4.78, 5) is 12.8. The average Bonchev–Trinajstić information content (AvgIpc) is 3.27. The molecule has 1 N–H and O–H groups in total. The molecular formula is C30H31NO4. The van der Waals surface area contributed by atoms with Crippen molar-refractivity contribution in [3.8, 4) is 22.6 Å². The van der Waals surface area contributed by atoms with E-state index in [1.54, 1.807) is 12.3 Å². The Balaban J connectivity index is 1.70. The Bertz CT molecular complexity index is 1360. The summed E-state index contributed by atoms with van der Waals surface area (Å²) in [7, 11) is 0. The van der Waals surface area contributed by atoms with Crippen molar-refractivity contribution in [3.63, 3.8) is 0 Å². The largest absolute Gasteiger partial charge is 0.494 e. The van der Waals surface area contributed by atoms with E-state index in [1.807, 2.05) is 52.0 Å². The van der Waals surface area contributed by atoms with E-state index in [-0.39, 0.29) is 5.91 Å². The maximum Gasteiger partial charge on any atom is 0.248 e. The molecule has 1 amide bonds. The Labute approximate surface area is 206 Å². The van der Waals surface area contributed by atoms with Crippen molar-refractivity contribution in [2.24, 2.45) is 0 Å². The summed E-state index contributed by atoms with van der Waals surface area (Å²) in [6, 6.07) is 17.8. The molecule has 180 valence electrons. The van der Waals surface area contributed by atoms with Crippen molar-refractivity contribution in [1.29, 1.82) is 0 Å². The van der Waals surface area contributed by atoms with Crippen LogP contribution in [0, 0.1) is 13.8 Å². The SMILES string of the molecule is CCOc1ccc(NC(=O)/C=C(\C)c2cc3c(-c4ccc(C)cc4)coc3c(C)c2OCC)cc1. The molecule has 0 radical (unpaired) electrons. The highest BCUT2D eigenvalue weighted by Gasteiger charge is 2.19. The topological polar surface area (TPSA) is 60.7 Å². The highest BCUT2D eigenvalue weighted by Crippen LogP contribution is 2.40. The highest BCUT2D eigenvalue weighted by molar-refractivity contribution is 6.06. The van der Waals surface area contributed by atoms with Crippen molar-refractivity contribution in [3.05, 3.63) is 83.6 Å². The van der Waals surface area contributed by atoms with Gasteiger partial charge in [-0.25, -0.2) is 0 Å². The van der Waals surface area contributed by atoms with Crippen molar-refractivity contribution >= 4 is 28.1 Å². The second-order valence-corrected chi connectivity index (χ2v) is 8.48. The van der Waals surface area contributed by atoms with Gasteiger partial charge in [0, 0.05) is 33.8 Å². The number of nitrogens with one attached hydrogen (secondary N) is 1. The van der Waals surface area contributed by atoms with Crippen molar-refractivity contribution in [2.75, 3.05) is 18.5 Å². The molecule has 0 aliphatic carbocycles. The molecule has 0 aliphatic heterocycles. The molecule has 0 unspecified atom stereocenters. The lowest BCUT2D eigenvalue weighted by Gasteiger charge is -2.15. The normalized spacial score (nSPS) is 11.5. The molecule has 0 fully saturated rings. The smallest absolute Gasteiger partial charge is 0.248 e. The molecule has 0 atom stereocenters. The Morgan fingerprint density at radius 1 is 0.971 bits per heavy atom. The maximum absolute atomic E-state index is 12.8. The van der Waals surface area contributed by atoms with Gasteiger partial charge in [-0.1, -0.05) is 29.8 Å². The first-order chi connectivity index (χ1) is 16.9. The third-order valence-electron chi connectivity index (χ3n) is 5.90. The van der Waals surface area contributed by atoms with Crippen LogP contribution in [0.15, 0.2) is 71.4 Å². The average molecular weight is 470 g/mol. The molecule has 0 spiro atoms. The predicted octanol–water partition coefficient (Wildman–Crippen LogP) is 7.56. The molecule has 3 aromatic carbocycles. The van der Waals surface area contributed by atoms with Gasteiger partial charge in [-0.05, 0) is 76.1 Å². The lowest BCUT2D eigenvalue weighted by Crippen LogP contribution is -2.09. The summed E-state index contributed by atoms with van der Waals surface area (Å²) in [5.41, 5.74) is 7.38. The van der Waals surface area contributed by atoms with E-state index in [2.05, 4.69) is 42.6 Å². The fourth-order valence-electron chi connectivity index (χ4n) is 4.15. The number of anilines is 1. The minimum absolute atomic E-state index is 0.210. The van der Waals surface area contributed by atoms with Gasteiger partial charge in [-0.3, -0.25) is 4.79 Å². The van der Waals surface area contributed by atoms with Crippen LogP contribution in [-0.4, -0.2) is 19.1 Å². The zero-order valence-electron chi connectivity index (χ0n) is 20.9. The number of fused-ring (bicyclic) bond motifs is 1. The van der Waals surface area contributed by atoms with Gasteiger partial charge in [0.25, 0.3) is 0 Å². The number of ether oxygens (including phenoxy) is 2. The van der Waals surface area contributed by atoms with Crippen LogP contribution in [0.3, 0.4) is 0 Å². The van der Waals surface area contributed by atoms with Gasteiger partial charge in [0.2, 0.25) is 5.91 Å². The second-order valence-electron chi connectivity index (χ2n) is 8.48. The third kappa shape index (κ3) is 5.24. The molecule has 4 aromatic rings. The monoisotopic (exact) mass is 469 g/mol. The fraction of sp³-hybridized carbons (Fsp3) is 0.233. The van der Waals surface area contributed by atoms with E-state index < -0.39 is 0 Å². The number of furan rings is 1. The van der Waals surface area contributed by atoms with Gasteiger partial charge in [0.05, 0.1) is 19.5 Å². The molecule has 4 rings (SSSR count). The zero-order valence-corrected chi connectivity index (χ0v) is 20.9. The zero-order chi connectivity index (χ0) is 24.9. The number of carbonyl (C=O) groups excluding carboxylic acids is 1. The third-order valence-corrected chi connectivity index (χ3v) is 5.90. The van der Waals surface area contributed by atoms with E-state index >= 15 is 0 Å². The molecule has 0 saturated carbocycles. The van der Waals surface area contributed by atoms with E-state index in [1.165, 1.54) is 5.56 Å². The summed E-state index contributed by atoms with van der Waals surface area (Å²) >= 11 is 0. The number of rotatable bonds is 8. The Morgan fingerprint density at radius 3 is 2.31 bits per heavy atom. The fourth-order valence-corrected chi connectivity index (χ4v) is 4.15. The molecule has 0 bridgehead atoms. The summed E-state index contributed by atoms with van der Waals surface area (Å²) in [6.07, 6.45) is 3.39. The lowest BCUT2D eigenvalue weighted by atomic mass is 9.96. The van der Waals surface area contributed by atoms with E-state index in [0.717, 1.165) is 50.3 Å². The molecule has 5 heteroatoms. The Morgan fingerprint density at radius 2 is 1.66 bits per heavy atom. The highest BCUT2D eigenvalue weighted by atomic mass is 16.5. The van der Waals surface area contributed by atoms with Crippen molar-refractivity contribution in [2.45, 2.75) is 34.6 Å². The molecule has 5 nitrogen and oxygen atoms in total. The van der Waals surface area contributed by atoms with E-state index in [4.69, 9.17) is 13.9 Å². The molecule has 0 aliphatic rings. The van der Waals surface area contributed by atoms with Crippen LogP contribution < -0.4 is 14.8 Å². The standard InChI is InChI=1S/C30H31NO4/c1-6-33-24-14-12-23(13-15-24)31-28(32)16-20(4)25-17-26-27(22-10-8-19(3)9-11-22)18-35-30(26)21(5)29(25)34-7-2/h8-18H,6-7H2,1-5H3,(H,31,32)/b20-16+. The number of hydrogen-bond acceptors (Lipinski definition) is 4. The van der Waals surface area contributed by atoms with Crippen LogP contribution in [0.2, 0.25) is 0 Å². The summed E-state index contributed by atoms with van der Waals surface area (Å²) in [5.74, 6) is 1.29. The number of amides is 1. The molecule has 1 aromatic heterocycles. The number of hydrogen-bond donors (Lipinski definition) is 1. The van der Waals surface area contributed by atoms with Crippen LogP contribution in [-0.2, 0) is 4.79 Å². The second kappa shape index (κ2) is 10.5. The van der Waals surface area contributed by atoms with Gasteiger partial charge in [0.1, 0.15) is 17.1 Å². The first kappa shape index (κ1) is 24.1. The molecule has 0 saturated heterocycles. The summed E-state index contributed by atoms with van der Waals surface area (Å²) < 4.78 is 17.5. The van der Waals surface area contributed by atoms with E-state index in [9.17, 15) is 4.79 Å². The Kier molecular flexibility index (Phi) is 7.25. The van der Waals surface area contributed by atoms with Crippen LogP contribution in [0.4, 0.5) is 5.69 Å². The molecular weight excluding hydrogens is 438 g/mol. The number of benzene rings is 3. The van der Waals surface area contributed by atoms with Gasteiger partial charge in [0.15, 0.2) is 0 Å². The van der Waals surface area contributed by atoms with Crippen LogP contribution in [0.5, 0.6) is 11.5 Å². The van der Waals surface area contributed by atoms with Crippen molar-refractivity contribution < 1.29 is 18.7 Å². The van der Waals surface area contributed by atoms with Crippen LogP contribution in [0.1, 0.15) is 37.5 Å². The first-order valence-electron chi connectivity index (χ1n) is 11.9. The van der Waals surface area contributed by atoms with Gasteiger partial charge in [-0.2, -0.15) is 0 Å². The minimum atomic E-state index is -0.210. The number of aryl methyl sites for hydroxylation is 2. The minimum Gasteiger partial charge on any atom is -0.494 e. The summed E-state index contributed by atoms with van der Waals surface area (Å²) in [6.45, 7) is 11.0. The predicted molar refractivity (Wildman–Crippen MR) is 142 cm³/mol. The Hall–Kier alpha value is -3.99. The van der Waals surface area contributed by atoms with Crippen LogP contribution in [0.25, 0.3) is 27.7 Å². The van der Waals surface area contributed by atoms with Gasteiger partial charge >= 0.3 is 0 Å². The maximum atomic E-state index is 12.8. The first-order valence-corrected chi connectivity index (χ1v) is 11.9. The quantitative estimate of drug-likeness (QED) is 0.271. The number of carbonyl (C=O) groups is 1. The van der Waals surface area contributed by atoms with Crippen LogP contribution >= 0.6 is 0 Å².